The lowest BCUT2D eigenvalue weighted by atomic mass is 9.80. The zero-order chi connectivity index (χ0) is 23.6. The molecule has 0 aromatic heterocycles. The van der Waals surface area contributed by atoms with Gasteiger partial charge in [0.15, 0.2) is 6.61 Å². The van der Waals surface area contributed by atoms with E-state index in [-0.39, 0.29) is 41.8 Å². The summed E-state index contributed by atoms with van der Waals surface area (Å²) in [6, 6.07) is 6.75. The smallest absolute Gasteiger partial charge is 0.422 e. The van der Waals surface area contributed by atoms with Crippen LogP contribution >= 0.6 is 12.4 Å². The molecular weight excluding hydrogens is 475 g/mol. The summed E-state index contributed by atoms with van der Waals surface area (Å²) in [5, 5.41) is 9.83. The fraction of sp³-hybridized carbons (Fsp3) is 0.652. The second-order valence-corrected chi connectivity index (χ2v) is 9.06. The van der Waals surface area contributed by atoms with Crippen LogP contribution in [0.4, 0.5) is 18.9 Å². The Hall–Kier alpha value is -2.04. The fourth-order valence-corrected chi connectivity index (χ4v) is 5.11. The number of alkyl halides is 3. The summed E-state index contributed by atoms with van der Waals surface area (Å²) in [5.74, 6) is -0.671. The Morgan fingerprint density at radius 3 is 2.35 bits per heavy atom. The molecule has 11 heteroatoms. The molecule has 1 aromatic rings. The number of hydrogen-bond acceptors (Lipinski definition) is 6. The first-order valence-electron chi connectivity index (χ1n) is 11.5. The number of aliphatic hydroxyl groups excluding tert-OH is 1. The number of imide groups is 1. The molecule has 190 valence electrons. The Kier molecular flexibility index (Phi) is 8.70. The van der Waals surface area contributed by atoms with E-state index in [9.17, 15) is 27.9 Å². The lowest BCUT2D eigenvalue weighted by Crippen LogP contribution is -2.47. The zero-order valence-corrected chi connectivity index (χ0v) is 19.7. The van der Waals surface area contributed by atoms with Crippen LogP contribution in [0.1, 0.15) is 25.7 Å². The van der Waals surface area contributed by atoms with E-state index in [0.29, 0.717) is 51.0 Å². The summed E-state index contributed by atoms with van der Waals surface area (Å²) in [7, 11) is 0. The highest BCUT2D eigenvalue weighted by molar-refractivity contribution is 6.05. The lowest BCUT2D eigenvalue weighted by Gasteiger charge is -2.37. The Morgan fingerprint density at radius 1 is 0.971 bits per heavy atom. The van der Waals surface area contributed by atoms with Gasteiger partial charge in [0.05, 0.1) is 23.6 Å². The van der Waals surface area contributed by atoms with Crippen molar-refractivity contribution in [3.63, 3.8) is 0 Å². The van der Waals surface area contributed by atoms with Gasteiger partial charge in [-0.25, -0.2) is 0 Å². The van der Waals surface area contributed by atoms with Crippen molar-refractivity contribution < 1.29 is 32.6 Å². The zero-order valence-electron chi connectivity index (χ0n) is 18.9. The first kappa shape index (κ1) is 26.6. The monoisotopic (exact) mass is 505 g/mol. The molecule has 3 fully saturated rings. The van der Waals surface area contributed by atoms with E-state index in [1.807, 2.05) is 4.90 Å². The molecule has 7 nitrogen and oxygen atoms in total. The Bertz CT molecular complexity index is 864. The van der Waals surface area contributed by atoms with Crippen molar-refractivity contribution in [2.24, 2.45) is 11.8 Å². The summed E-state index contributed by atoms with van der Waals surface area (Å²) < 4.78 is 42.6. The number of likely N-dealkylation sites (tertiary alicyclic amines) is 1. The number of aliphatic hydroxyl groups is 1. The van der Waals surface area contributed by atoms with E-state index in [1.54, 1.807) is 24.3 Å². The number of fused-ring (bicyclic) bond motifs is 1. The van der Waals surface area contributed by atoms with Crippen molar-refractivity contribution in [3.05, 3.63) is 24.3 Å². The molecule has 1 aromatic carbocycles. The van der Waals surface area contributed by atoms with E-state index in [2.05, 4.69) is 4.90 Å². The quantitative estimate of drug-likeness (QED) is 0.574. The fourth-order valence-electron chi connectivity index (χ4n) is 5.11. The second-order valence-electron chi connectivity index (χ2n) is 9.06. The number of carbonyl (C=O) groups is 2. The van der Waals surface area contributed by atoms with Gasteiger partial charge in [0.25, 0.3) is 0 Å². The third kappa shape index (κ3) is 6.14. The maximum Gasteiger partial charge on any atom is 0.422 e. The van der Waals surface area contributed by atoms with Crippen molar-refractivity contribution in [1.29, 1.82) is 0 Å². The highest BCUT2D eigenvalue weighted by Gasteiger charge is 2.49. The van der Waals surface area contributed by atoms with Gasteiger partial charge >= 0.3 is 6.18 Å². The summed E-state index contributed by atoms with van der Waals surface area (Å²) in [5.41, 5.74) is 0.652. The summed E-state index contributed by atoms with van der Waals surface area (Å²) >= 11 is 0. The van der Waals surface area contributed by atoms with Gasteiger partial charge in [0, 0.05) is 32.7 Å². The molecule has 0 spiro atoms. The van der Waals surface area contributed by atoms with E-state index < -0.39 is 18.9 Å². The molecule has 2 aliphatic heterocycles. The summed E-state index contributed by atoms with van der Waals surface area (Å²) in [4.78, 5) is 30.8. The van der Waals surface area contributed by atoms with Gasteiger partial charge in [-0.15, -0.1) is 12.4 Å². The average Bonchev–Trinajstić information content (AvgIpc) is 3.02. The predicted octanol–water partition coefficient (Wildman–Crippen LogP) is 2.71. The number of para-hydroxylation sites is 2. The Labute approximate surface area is 203 Å². The molecule has 34 heavy (non-hydrogen) atoms. The van der Waals surface area contributed by atoms with Crippen LogP contribution in [0.15, 0.2) is 24.3 Å². The van der Waals surface area contributed by atoms with Crippen LogP contribution in [0.5, 0.6) is 5.75 Å². The van der Waals surface area contributed by atoms with Gasteiger partial charge in [-0.1, -0.05) is 12.1 Å². The molecule has 2 amide bonds. The minimum Gasteiger partial charge on any atom is -0.482 e. The molecule has 1 saturated carbocycles. The highest BCUT2D eigenvalue weighted by Crippen LogP contribution is 2.38. The number of halogens is 4. The molecule has 2 heterocycles. The maximum absolute atomic E-state index is 12.6. The molecule has 1 aliphatic carbocycles. The van der Waals surface area contributed by atoms with Gasteiger partial charge < -0.3 is 14.7 Å². The minimum absolute atomic E-state index is 0. The molecule has 0 radical (unpaired) electrons. The third-order valence-corrected chi connectivity index (χ3v) is 6.81. The van der Waals surface area contributed by atoms with Crippen LogP contribution in [0.25, 0.3) is 0 Å². The molecule has 0 bridgehead atoms. The number of rotatable bonds is 7. The first-order chi connectivity index (χ1) is 15.7. The van der Waals surface area contributed by atoms with Crippen LogP contribution in [0.2, 0.25) is 0 Å². The van der Waals surface area contributed by atoms with Crippen LogP contribution in [-0.2, 0) is 9.59 Å². The normalized spacial score (nSPS) is 25.8. The Morgan fingerprint density at radius 2 is 1.65 bits per heavy atom. The number of anilines is 1. The largest absolute Gasteiger partial charge is 0.482 e. The van der Waals surface area contributed by atoms with Gasteiger partial charge in [-0.05, 0) is 44.4 Å². The van der Waals surface area contributed by atoms with Gasteiger partial charge in [0.2, 0.25) is 11.8 Å². The number of ether oxygens (including phenoxy) is 1. The van der Waals surface area contributed by atoms with Crippen molar-refractivity contribution in [3.8, 4) is 5.75 Å². The molecule has 3 atom stereocenters. The van der Waals surface area contributed by atoms with E-state index >= 15 is 0 Å². The standard InChI is InChI=1S/C23H30F3N3O4.ClH/c24-23(25,26)15-33-20-5-2-1-4-19(20)28-12-10-27(11-13-28)8-3-9-29-21(31)17-7-6-16(30)14-18(17)22(29)32;/h1-2,4-5,16-18,30H,3,6-15H2;1H. The number of nitrogens with zero attached hydrogens (tertiary/aromatic N) is 3. The minimum atomic E-state index is -4.39. The SMILES string of the molecule is Cl.O=C1C2CCC(O)CC2C(=O)N1CCCN1CCN(c2ccccc2OCC(F)(F)F)CC1. The van der Waals surface area contributed by atoms with Crippen molar-refractivity contribution in [1.82, 2.24) is 9.80 Å². The summed E-state index contributed by atoms with van der Waals surface area (Å²) in [6.07, 6.45) is -2.69. The average molecular weight is 506 g/mol. The number of piperazine rings is 1. The van der Waals surface area contributed by atoms with Crippen molar-refractivity contribution in [2.45, 2.75) is 38.0 Å². The van der Waals surface area contributed by atoms with Crippen LogP contribution in [0, 0.1) is 11.8 Å². The van der Waals surface area contributed by atoms with Crippen molar-refractivity contribution >= 4 is 29.9 Å². The molecule has 1 N–H and O–H groups in total. The molecular formula is C23H31ClF3N3O4. The topological polar surface area (TPSA) is 73.3 Å². The number of benzene rings is 1. The van der Waals surface area contributed by atoms with Crippen LogP contribution in [0.3, 0.4) is 0 Å². The second kappa shape index (κ2) is 11.1. The summed E-state index contributed by atoms with van der Waals surface area (Å²) in [6.45, 7) is 2.55. The lowest BCUT2D eigenvalue weighted by molar-refractivity contribution is -0.153. The van der Waals surface area contributed by atoms with Gasteiger partial charge in [-0.3, -0.25) is 19.4 Å². The number of amides is 2. The maximum atomic E-state index is 12.6. The van der Waals surface area contributed by atoms with E-state index in [1.165, 1.54) is 4.90 Å². The number of hydrogen-bond donors (Lipinski definition) is 1. The van der Waals surface area contributed by atoms with Gasteiger partial charge in [-0.2, -0.15) is 13.2 Å². The first-order valence-corrected chi connectivity index (χ1v) is 11.5. The van der Waals surface area contributed by atoms with E-state index in [4.69, 9.17) is 4.74 Å². The van der Waals surface area contributed by atoms with Crippen LogP contribution in [-0.4, -0.2) is 84.9 Å². The highest BCUT2D eigenvalue weighted by atomic mass is 35.5. The molecule has 3 aliphatic rings. The third-order valence-electron chi connectivity index (χ3n) is 6.81. The van der Waals surface area contributed by atoms with E-state index in [0.717, 1.165) is 19.6 Å². The Balaban J connectivity index is 0.00000324. The predicted molar refractivity (Wildman–Crippen MR) is 122 cm³/mol. The number of carbonyl (C=O) groups excluding carboxylic acids is 2. The molecule has 4 rings (SSSR count). The van der Waals surface area contributed by atoms with Crippen LogP contribution < -0.4 is 9.64 Å². The van der Waals surface area contributed by atoms with Gasteiger partial charge in [0.1, 0.15) is 5.75 Å². The molecule has 3 unspecified atom stereocenters. The molecule has 2 saturated heterocycles. The van der Waals surface area contributed by atoms with Crippen molar-refractivity contribution in [2.75, 3.05) is 50.8 Å².